The number of carbonyl (C=O) groups excluding carboxylic acids is 1. The summed E-state index contributed by atoms with van der Waals surface area (Å²) in [6, 6.07) is 20.8. The average molecular weight is 381 g/mol. The van der Waals surface area contributed by atoms with Crippen LogP contribution in [-0.4, -0.2) is 20.6 Å². The Kier molecular flexibility index (Phi) is 5.61. The fourth-order valence-electron chi connectivity index (χ4n) is 3.16. The highest BCUT2D eigenvalue weighted by Crippen LogP contribution is 2.20. The average Bonchev–Trinajstić information content (AvgIpc) is 2.65. The second-order valence-corrected chi connectivity index (χ2v) is 8.78. The molecule has 0 radical (unpaired) electrons. The third-order valence-corrected chi connectivity index (χ3v) is 5.82. The SMILES string of the molecule is CC(NC(=O)CCc1cccc2ccccc12)c1ccc(S(C)(=O)=O)cc1. The maximum absolute atomic E-state index is 12.4. The molecule has 1 atom stereocenters. The maximum atomic E-state index is 12.4. The normalized spacial score (nSPS) is 12.7. The van der Waals surface area contributed by atoms with E-state index in [-0.39, 0.29) is 16.8 Å². The van der Waals surface area contributed by atoms with E-state index in [1.54, 1.807) is 24.3 Å². The molecule has 27 heavy (non-hydrogen) atoms. The second-order valence-electron chi connectivity index (χ2n) is 6.77. The highest BCUT2D eigenvalue weighted by Gasteiger charge is 2.12. The molecule has 0 spiro atoms. The van der Waals surface area contributed by atoms with E-state index in [1.807, 2.05) is 25.1 Å². The van der Waals surface area contributed by atoms with E-state index >= 15 is 0 Å². The van der Waals surface area contributed by atoms with Gasteiger partial charge in [0.2, 0.25) is 5.91 Å². The first-order valence-corrected chi connectivity index (χ1v) is 10.8. The first-order chi connectivity index (χ1) is 12.8. The Morgan fingerprint density at radius 1 is 0.963 bits per heavy atom. The van der Waals surface area contributed by atoms with Gasteiger partial charge < -0.3 is 5.32 Å². The minimum Gasteiger partial charge on any atom is -0.350 e. The molecule has 0 bridgehead atoms. The van der Waals surface area contributed by atoms with E-state index in [9.17, 15) is 13.2 Å². The molecule has 0 aliphatic carbocycles. The van der Waals surface area contributed by atoms with Crippen LogP contribution in [-0.2, 0) is 21.1 Å². The molecule has 1 unspecified atom stereocenters. The number of hydrogen-bond acceptors (Lipinski definition) is 3. The van der Waals surface area contributed by atoms with E-state index in [4.69, 9.17) is 0 Å². The van der Waals surface area contributed by atoms with Crippen molar-refractivity contribution in [1.29, 1.82) is 0 Å². The van der Waals surface area contributed by atoms with Gasteiger partial charge in [-0.2, -0.15) is 0 Å². The molecule has 1 amide bonds. The molecule has 3 aromatic carbocycles. The number of amides is 1. The molecule has 0 aromatic heterocycles. The standard InChI is InChI=1S/C22H23NO3S/c1-16(17-10-13-20(14-11-17)27(2,25)26)23-22(24)15-12-19-8-5-7-18-6-3-4-9-21(18)19/h3-11,13-14,16H,12,15H2,1-2H3,(H,23,24). The second kappa shape index (κ2) is 7.92. The smallest absolute Gasteiger partial charge is 0.220 e. The Bertz CT molecular complexity index is 1050. The molecule has 4 nitrogen and oxygen atoms in total. The summed E-state index contributed by atoms with van der Waals surface area (Å²) in [6.07, 6.45) is 2.26. The summed E-state index contributed by atoms with van der Waals surface area (Å²) in [5, 5.41) is 5.34. The number of aryl methyl sites for hydroxylation is 1. The van der Waals surface area contributed by atoms with Crippen LogP contribution in [0.3, 0.4) is 0 Å². The summed E-state index contributed by atoms with van der Waals surface area (Å²) >= 11 is 0. The van der Waals surface area contributed by atoms with Crippen LogP contribution in [0.15, 0.2) is 71.6 Å². The summed E-state index contributed by atoms with van der Waals surface area (Å²) in [4.78, 5) is 12.6. The maximum Gasteiger partial charge on any atom is 0.220 e. The zero-order valence-electron chi connectivity index (χ0n) is 15.5. The Hall–Kier alpha value is -2.66. The van der Waals surface area contributed by atoms with Crippen LogP contribution in [0.5, 0.6) is 0 Å². The highest BCUT2D eigenvalue weighted by molar-refractivity contribution is 7.90. The van der Waals surface area contributed by atoms with Gasteiger partial charge in [-0.25, -0.2) is 8.42 Å². The predicted octanol–water partition coefficient (Wildman–Crippen LogP) is 4.05. The summed E-state index contributed by atoms with van der Waals surface area (Å²) in [5.74, 6) is -0.0253. The van der Waals surface area contributed by atoms with Crippen molar-refractivity contribution in [2.75, 3.05) is 6.26 Å². The van der Waals surface area contributed by atoms with E-state index in [2.05, 4.69) is 29.6 Å². The fraction of sp³-hybridized carbons (Fsp3) is 0.227. The van der Waals surface area contributed by atoms with Crippen molar-refractivity contribution in [3.05, 3.63) is 77.9 Å². The lowest BCUT2D eigenvalue weighted by molar-refractivity contribution is -0.121. The van der Waals surface area contributed by atoms with Crippen molar-refractivity contribution < 1.29 is 13.2 Å². The highest BCUT2D eigenvalue weighted by atomic mass is 32.2. The third kappa shape index (κ3) is 4.74. The lowest BCUT2D eigenvalue weighted by Gasteiger charge is -2.15. The molecule has 1 N–H and O–H groups in total. The molecule has 0 fully saturated rings. The van der Waals surface area contributed by atoms with E-state index in [0.717, 1.165) is 11.1 Å². The topological polar surface area (TPSA) is 63.2 Å². The predicted molar refractivity (Wildman–Crippen MR) is 108 cm³/mol. The Morgan fingerprint density at radius 3 is 2.33 bits per heavy atom. The monoisotopic (exact) mass is 381 g/mol. The van der Waals surface area contributed by atoms with Gasteiger partial charge in [0.05, 0.1) is 10.9 Å². The lowest BCUT2D eigenvalue weighted by Crippen LogP contribution is -2.26. The molecule has 0 aliphatic rings. The van der Waals surface area contributed by atoms with E-state index in [0.29, 0.717) is 12.8 Å². The first kappa shape index (κ1) is 19.1. The molecule has 0 heterocycles. The number of carbonyl (C=O) groups is 1. The van der Waals surface area contributed by atoms with Crippen molar-refractivity contribution in [2.45, 2.75) is 30.7 Å². The van der Waals surface area contributed by atoms with Crippen LogP contribution in [0.4, 0.5) is 0 Å². The van der Waals surface area contributed by atoms with Gasteiger partial charge in [0, 0.05) is 12.7 Å². The number of benzene rings is 3. The van der Waals surface area contributed by atoms with Gasteiger partial charge in [0.15, 0.2) is 9.84 Å². The van der Waals surface area contributed by atoms with Crippen LogP contribution in [0.2, 0.25) is 0 Å². The van der Waals surface area contributed by atoms with Crippen molar-refractivity contribution >= 4 is 26.5 Å². The quantitative estimate of drug-likeness (QED) is 0.700. The van der Waals surface area contributed by atoms with Gasteiger partial charge in [-0.3, -0.25) is 4.79 Å². The zero-order chi connectivity index (χ0) is 19.4. The van der Waals surface area contributed by atoms with E-state index < -0.39 is 9.84 Å². The molecule has 3 rings (SSSR count). The summed E-state index contributed by atoms with van der Waals surface area (Å²) in [5.41, 5.74) is 2.04. The van der Waals surface area contributed by atoms with Crippen molar-refractivity contribution in [3.63, 3.8) is 0 Å². The van der Waals surface area contributed by atoms with Gasteiger partial charge in [-0.15, -0.1) is 0 Å². The van der Waals surface area contributed by atoms with Crippen molar-refractivity contribution in [1.82, 2.24) is 5.32 Å². The van der Waals surface area contributed by atoms with Crippen molar-refractivity contribution in [2.24, 2.45) is 0 Å². The van der Waals surface area contributed by atoms with Crippen LogP contribution in [0, 0.1) is 0 Å². The molecule has 0 saturated carbocycles. The minimum atomic E-state index is -3.21. The van der Waals surface area contributed by atoms with Crippen LogP contribution in [0.1, 0.15) is 30.5 Å². The van der Waals surface area contributed by atoms with Crippen LogP contribution >= 0.6 is 0 Å². The number of hydrogen-bond donors (Lipinski definition) is 1. The lowest BCUT2D eigenvalue weighted by atomic mass is 10.0. The number of sulfone groups is 1. The van der Waals surface area contributed by atoms with Gasteiger partial charge in [0.25, 0.3) is 0 Å². The Labute approximate surface area is 160 Å². The summed E-state index contributed by atoms with van der Waals surface area (Å²) in [7, 11) is -3.21. The van der Waals surface area contributed by atoms with Gasteiger partial charge >= 0.3 is 0 Å². The van der Waals surface area contributed by atoms with Gasteiger partial charge in [-0.1, -0.05) is 54.6 Å². The van der Waals surface area contributed by atoms with E-state index in [1.165, 1.54) is 17.0 Å². The van der Waals surface area contributed by atoms with Gasteiger partial charge in [-0.05, 0) is 47.4 Å². The third-order valence-electron chi connectivity index (χ3n) is 4.69. The molecule has 0 aliphatic heterocycles. The molecule has 5 heteroatoms. The number of fused-ring (bicyclic) bond motifs is 1. The first-order valence-electron chi connectivity index (χ1n) is 8.90. The van der Waals surface area contributed by atoms with Crippen LogP contribution < -0.4 is 5.32 Å². The molecule has 3 aromatic rings. The summed E-state index contributed by atoms with van der Waals surface area (Å²) in [6.45, 7) is 1.89. The zero-order valence-corrected chi connectivity index (χ0v) is 16.3. The van der Waals surface area contributed by atoms with Crippen molar-refractivity contribution in [3.8, 4) is 0 Å². The summed E-state index contributed by atoms with van der Waals surface area (Å²) < 4.78 is 23.1. The van der Waals surface area contributed by atoms with Crippen LogP contribution in [0.25, 0.3) is 10.8 Å². The Morgan fingerprint density at radius 2 is 1.63 bits per heavy atom. The molecule has 0 saturated heterocycles. The molecule has 140 valence electrons. The molecular weight excluding hydrogens is 358 g/mol. The Balaban J connectivity index is 1.62. The fourth-order valence-corrected chi connectivity index (χ4v) is 3.79. The largest absolute Gasteiger partial charge is 0.350 e. The number of rotatable bonds is 6. The number of nitrogens with one attached hydrogen (secondary N) is 1. The molecular formula is C22H23NO3S. The minimum absolute atomic E-state index is 0.0253. The van der Waals surface area contributed by atoms with Gasteiger partial charge in [0.1, 0.15) is 0 Å².